The maximum absolute atomic E-state index is 5.58. The Morgan fingerprint density at radius 3 is 0.920 bits per heavy atom. The standard InChI is InChI=1S/C81H50N4S2/c1-7-23-51(24-8-1)59-43-66(53-27-11-3-12-28-53)76-70(47-59)85(71-48-60(52-25-9-2-10-26-52)44-67(77(71)76)54-29-13-4-14-30-54)78-68(55-31-15-5-16-32-55)45-61(46-69(78)56-33-17-6-18-34-56)81-83-79(57-39-41-64-62-35-19-21-37-72(62)86-74(64)49-57)82-80(84-81)58-40-42-65-63-36-20-22-38-73(63)87-75(65)50-58/h1-50H. The number of nitrogens with zero attached hydrogens (tertiary/aromatic N) is 4. The van der Waals surface area contributed by atoms with E-state index in [-0.39, 0.29) is 0 Å². The fourth-order valence-electron chi connectivity index (χ4n) is 13.0. The molecule has 0 amide bonds. The average molecular weight is 1140 g/mol. The highest BCUT2D eigenvalue weighted by atomic mass is 32.1. The van der Waals surface area contributed by atoms with Crippen molar-refractivity contribution in [2.75, 3.05) is 0 Å². The minimum atomic E-state index is 0.585. The second-order valence-electron chi connectivity index (χ2n) is 22.2. The molecule has 406 valence electrons. The minimum Gasteiger partial charge on any atom is -0.308 e. The van der Waals surface area contributed by atoms with Crippen LogP contribution >= 0.6 is 22.7 Å². The molecule has 0 N–H and O–H groups in total. The van der Waals surface area contributed by atoms with E-state index in [1.165, 1.54) is 51.1 Å². The maximum atomic E-state index is 5.58. The van der Waals surface area contributed by atoms with Crippen LogP contribution in [0.1, 0.15) is 0 Å². The molecule has 0 saturated heterocycles. The van der Waals surface area contributed by atoms with E-state index < -0.39 is 0 Å². The molecule has 0 aliphatic heterocycles. The highest BCUT2D eigenvalue weighted by molar-refractivity contribution is 7.26. The van der Waals surface area contributed by atoms with Crippen molar-refractivity contribution in [1.29, 1.82) is 0 Å². The van der Waals surface area contributed by atoms with Gasteiger partial charge < -0.3 is 4.57 Å². The number of hydrogen-bond donors (Lipinski definition) is 0. The first-order valence-corrected chi connectivity index (χ1v) is 31.0. The third kappa shape index (κ3) is 8.84. The molecule has 0 spiro atoms. The van der Waals surface area contributed by atoms with Gasteiger partial charge >= 0.3 is 0 Å². The van der Waals surface area contributed by atoms with Crippen LogP contribution in [0.5, 0.6) is 0 Å². The number of thiophene rings is 2. The Morgan fingerprint density at radius 2 is 0.529 bits per heavy atom. The van der Waals surface area contributed by atoms with Crippen LogP contribution in [0.25, 0.3) is 169 Å². The Hall–Kier alpha value is -10.9. The molecule has 4 heterocycles. The summed E-state index contributed by atoms with van der Waals surface area (Å²) in [6.45, 7) is 0. The Bertz CT molecular complexity index is 5150. The highest BCUT2D eigenvalue weighted by Gasteiger charge is 2.28. The maximum Gasteiger partial charge on any atom is 0.164 e. The third-order valence-corrected chi connectivity index (χ3v) is 19.3. The van der Waals surface area contributed by atoms with E-state index in [2.05, 4.69) is 308 Å². The Morgan fingerprint density at radius 1 is 0.218 bits per heavy atom. The molecule has 0 aliphatic carbocycles. The zero-order valence-electron chi connectivity index (χ0n) is 47.0. The van der Waals surface area contributed by atoms with Gasteiger partial charge in [-0.25, -0.2) is 15.0 Å². The minimum absolute atomic E-state index is 0.585. The largest absolute Gasteiger partial charge is 0.308 e. The van der Waals surface area contributed by atoms with E-state index in [0.717, 1.165) is 100 Å². The quantitative estimate of drug-likeness (QED) is 0.137. The van der Waals surface area contributed by atoms with E-state index in [1.54, 1.807) is 22.7 Å². The molecule has 0 atom stereocenters. The summed E-state index contributed by atoms with van der Waals surface area (Å²) in [5.41, 5.74) is 19.3. The van der Waals surface area contributed by atoms with E-state index >= 15 is 0 Å². The lowest BCUT2D eigenvalue weighted by molar-refractivity contribution is 1.07. The molecule has 0 aliphatic rings. The van der Waals surface area contributed by atoms with Gasteiger partial charge in [0.25, 0.3) is 0 Å². The van der Waals surface area contributed by atoms with Gasteiger partial charge in [0.2, 0.25) is 0 Å². The van der Waals surface area contributed by atoms with Crippen LogP contribution in [0.4, 0.5) is 0 Å². The van der Waals surface area contributed by atoms with Crippen LogP contribution < -0.4 is 0 Å². The molecular weight excluding hydrogens is 1090 g/mol. The van der Waals surface area contributed by atoms with Crippen LogP contribution in [0.15, 0.2) is 303 Å². The van der Waals surface area contributed by atoms with Gasteiger partial charge in [0.15, 0.2) is 17.5 Å². The second-order valence-corrected chi connectivity index (χ2v) is 24.4. The van der Waals surface area contributed by atoms with Crippen molar-refractivity contribution in [2.24, 2.45) is 0 Å². The molecule has 4 aromatic heterocycles. The van der Waals surface area contributed by atoms with Gasteiger partial charge in [0.1, 0.15) is 0 Å². The van der Waals surface area contributed by atoms with Crippen LogP contribution in [-0.2, 0) is 0 Å². The van der Waals surface area contributed by atoms with Crippen LogP contribution in [0.3, 0.4) is 0 Å². The summed E-state index contributed by atoms with van der Waals surface area (Å²) < 4.78 is 7.47. The first kappa shape index (κ1) is 50.6. The SMILES string of the molecule is c1ccc(-c2cc(-c3ccccc3)c3c4c(-c5ccccc5)cc(-c5ccccc5)cc4n(-c4c(-c5ccccc5)cc(-c5nc(-c6ccc7c(c6)sc6ccccc67)nc(-c6ccc7c(c6)sc6ccccc67)n5)cc4-c4ccccc4)c3c2)cc1. The zero-order valence-corrected chi connectivity index (χ0v) is 48.6. The van der Waals surface area contributed by atoms with Gasteiger partial charge in [-0.3, -0.25) is 0 Å². The predicted octanol–water partition coefficient (Wildman–Crippen LogP) is 22.7. The summed E-state index contributed by atoms with van der Waals surface area (Å²) in [6.07, 6.45) is 0. The molecular formula is C81H50N4S2. The van der Waals surface area contributed by atoms with Crippen molar-refractivity contribution < 1.29 is 0 Å². The summed E-state index contributed by atoms with van der Waals surface area (Å²) in [4.78, 5) is 16.6. The molecule has 0 saturated carbocycles. The molecule has 0 radical (unpaired) electrons. The first-order valence-electron chi connectivity index (χ1n) is 29.4. The number of benzene rings is 13. The predicted molar refractivity (Wildman–Crippen MR) is 369 cm³/mol. The molecule has 0 fully saturated rings. The molecule has 17 aromatic rings. The van der Waals surface area contributed by atoms with Gasteiger partial charge in [-0.05, 0) is 116 Å². The van der Waals surface area contributed by atoms with Gasteiger partial charge in [-0.1, -0.05) is 243 Å². The zero-order chi connectivity index (χ0) is 57.4. The lowest BCUT2D eigenvalue weighted by Crippen LogP contribution is -2.04. The smallest absolute Gasteiger partial charge is 0.164 e. The fourth-order valence-corrected chi connectivity index (χ4v) is 15.3. The van der Waals surface area contributed by atoms with E-state index in [1.807, 2.05) is 0 Å². The number of rotatable bonds is 10. The fraction of sp³-hybridized carbons (Fsp3) is 0. The monoisotopic (exact) mass is 1140 g/mol. The summed E-state index contributed by atoms with van der Waals surface area (Å²) >= 11 is 3.60. The topological polar surface area (TPSA) is 43.6 Å². The normalized spacial score (nSPS) is 11.7. The summed E-state index contributed by atoms with van der Waals surface area (Å²) in [7, 11) is 0. The van der Waals surface area contributed by atoms with Crippen LogP contribution in [-0.4, -0.2) is 19.5 Å². The molecule has 0 bridgehead atoms. The van der Waals surface area contributed by atoms with Crippen molar-refractivity contribution in [1.82, 2.24) is 19.5 Å². The Kier molecular flexibility index (Phi) is 12.2. The van der Waals surface area contributed by atoms with Crippen molar-refractivity contribution in [3.05, 3.63) is 303 Å². The average Bonchev–Trinajstić information content (AvgIpc) is 1.61. The van der Waals surface area contributed by atoms with Gasteiger partial charge in [-0.15, -0.1) is 22.7 Å². The molecule has 87 heavy (non-hydrogen) atoms. The van der Waals surface area contributed by atoms with Crippen molar-refractivity contribution in [3.8, 4) is 107 Å². The van der Waals surface area contributed by atoms with Gasteiger partial charge in [0, 0.05) is 78.9 Å². The molecule has 4 nitrogen and oxygen atoms in total. The van der Waals surface area contributed by atoms with Crippen molar-refractivity contribution in [2.45, 2.75) is 0 Å². The lowest BCUT2D eigenvalue weighted by atomic mass is 9.90. The van der Waals surface area contributed by atoms with Crippen LogP contribution in [0, 0.1) is 0 Å². The summed E-state index contributed by atoms with van der Waals surface area (Å²) in [5.74, 6) is 1.81. The highest BCUT2D eigenvalue weighted by Crippen LogP contribution is 2.50. The third-order valence-electron chi connectivity index (χ3n) is 17.0. The van der Waals surface area contributed by atoms with Gasteiger partial charge in [0.05, 0.1) is 16.7 Å². The van der Waals surface area contributed by atoms with Crippen LogP contribution in [0.2, 0.25) is 0 Å². The molecule has 0 unspecified atom stereocenters. The van der Waals surface area contributed by atoms with Crippen molar-refractivity contribution in [3.63, 3.8) is 0 Å². The number of hydrogen-bond acceptors (Lipinski definition) is 5. The van der Waals surface area contributed by atoms with Gasteiger partial charge in [-0.2, -0.15) is 0 Å². The number of aromatic nitrogens is 4. The molecule has 17 rings (SSSR count). The van der Waals surface area contributed by atoms with E-state index in [4.69, 9.17) is 15.0 Å². The Labute approximate surface area is 510 Å². The Balaban J connectivity index is 1.01. The summed E-state index contributed by atoms with van der Waals surface area (Å²) in [6, 6.07) is 110. The lowest BCUT2D eigenvalue weighted by Gasteiger charge is -2.22. The first-order chi connectivity index (χ1) is 43.1. The van der Waals surface area contributed by atoms with E-state index in [9.17, 15) is 0 Å². The number of fused-ring (bicyclic) bond motifs is 9. The van der Waals surface area contributed by atoms with Crippen molar-refractivity contribution >= 4 is 84.8 Å². The van der Waals surface area contributed by atoms with E-state index in [0.29, 0.717) is 17.5 Å². The molecule has 6 heteroatoms. The second kappa shape index (κ2) is 21.0. The summed E-state index contributed by atoms with van der Waals surface area (Å²) in [5, 5.41) is 7.31. The molecule has 13 aromatic carbocycles.